The van der Waals surface area contributed by atoms with Gasteiger partial charge in [0.15, 0.2) is 9.84 Å². The zero-order valence-electron chi connectivity index (χ0n) is 19.6. The minimum atomic E-state index is -4.65. The standard InChI is InChI=1S/C24H28F3N3O4S2/c1-35-17-7-9-18(10-8-17)36(33,34)14-15-4-2-3-5-21(15)30-22(31)13-29-23(32)19-12-16(24(25,26)27)6-11-20(19)28/h6-12,15,21H,2-5,13-14,28H2,1H3,(H,29,32)(H,30,31)/t15-,21+/m1/s1. The minimum Gasteiger partial charge on any atom is -0.398 e. The summed E-state index contributed by atoms with van der Waals surface area (Å²) in [6, 6.07) is 8.64. The summed E-state index contributed by atoms with van der Waals surface area (Å²) in [5, 5.41) is 5.07. The number of anilines is 1. The Bertz CT molecular complexity index is 1200. The number of nitrogens with two attached hydrogens (primary N) is 1. The van der Waals surface area contributed by atoms with Crippen LogP contribution in [-0.4, -0.2) is 44.8 Å². The Balaban J connectivity index is 1.61. The van der Waals surface area contributed by atoms with E-state index in [4.69, 9.17) is 5.73 Å². The molecular weight excluding hydrogens is 515 g/mol. The molecule has 1 fully saturated rings. The highest BCUT2D eigenvalue weighted by Crippen LogP contribution is 2.31. The van der Waals surface area contributed by atoms with E-state index in [-0.39, 0.29) is 27.8 Å². The van der Waals surface area contributed by atoms with Crippen molar-refractivity contribution in [3.05, 3.63) is 53.6 Å². The summed E-state index contributed by atoms with van der Waals surface area (Å²) in [6.07, 6.45) is 0.121. The quantitative estimate of drug-likeness (QED) is 0.344. The van der Waals surface area contributed by atoms with Gasteiger partial charge in [-0.05, 0) is 67.5 Å². The number of hydrogen-bond acceptors (Lipinski definition) is 6. The van der Waals surface area contributed by atoms with Crippen LogP contribution in [0.2, 0.25) is 0 Å². The number of alkyl halides is 3. The van der Waals surface area contributed by atoms with E-state index in [9.17, 15) is 31.2 Å². The van der Waals surface area contributed by atoms with Crippen LogP contribution in [0.4, 0.5) is 18.9 Å². The molecule has 1 aliphatic rings. The Morgan fingerprint density at radius 1 is 1.08 bits per heavy atom. The molecule has 0 heterocycles. The summed E-state index contributed by atoms with van der Waals surface area (Å²) in [6.45, 7) is -0.485. The molecule has 2 aromatic carbocycles. The summed E-state index contributed by atoms with van der Waals surface area (Å²) in [5.41, 5.74) is 4.08. The van der Waals surface area contributed by atoms with Crippen LogP contribution >= 0.6 is 11.8 Å². The van der Waals surface area contributed by atoms with Gasteiger partial charge in [-0.15, -0.1) is 11.8 Å². The normalized spacial score (nSPS) is 18.4. The van der Waals surface area contributed by atoms with Gasteiger partial charge in [0.1, 0.15) is 0 Å². The molecule has 2 aromatic rings. The average molecular weight is 544 g/mol. The number of carbonyl (C=O) groups excluding carboxylic acids is 2. The van der Waals surface area contributed by atoms with Crippen molar-refractivity contribution >= 4 is 39.1 Å². The van der Waals surface area contributed by atoms with Crippen LogP contribution in [0.3, 0.4) is 0 Å². The van der Waals surface area contributed by atoms with E-state index in [0.29, 0.717) is 18.9 Å². The van der Waals surface area contributed by atoms with Crippen LogP contribution in [0.15, 0.2) is 52.3 Å². The molecule has 0 bridgehead atoms. The maximum absolute atomic E-state index is 13.0. The predicted octanol–water partition coefficient (Wildman–Crippen LogP) is 3.89. The Kier molecular flexibility index (Phi) is 8.93. The van der Waals surface area contributed by atoms with Crippen molar-refractivity contribution in [2.45, 2.75) is 47.7 Å². The lowest BCUT2D eigenvalue weighted by atomic mass is 9.86. The number of halogens is 3. The largest absolute Gasteiger partial charge is 0.416 e. The lowest BCUT2D eigenvalue weighted by molar-refractivity contribution is -0.137. The summed E-state index contributed by atoms with van der Waals surface area (Å²) in [4.78, 5) is 26.1. The fourth-order valence-electron chi connectivity index (χ4n) is 4.20. The number of carbonyl (C=O) groups is 2. The summed E-state index contributed by atoms with van der Waals surface area (Å²) >= 11 is 1.51. The van der Waals surface area contributed by atoms with Crippen LogP contribution in [0.5, 0.6) is 0 Å². The molecule has 3 rings (SSSR count). The maximum Gasteiger partial charge on any atom is 0.416 e. The number of benzene rings is 2. The van der Waals surface area contributed by atoms with Gasteiger partial charge >= 0.3 is 6.18 Å². The van der Waals surface area contributed by atoms with Gasteiger partial charge in [-0.3, -0.25) is 9.59 Å². The van der Waals surface area contributed by atoms with E-state index in [1.54, 1.807) is 24.3 Å². The number of nitrogen functional groups attached to an aromatic ring is 1. The second kappa shape index (κ2) is 11.5. The molecule has 2 amide bonds. The highest BCUT2D eigenvalue weighted by Gasteiger charge is 2.33. The molecule has 7 nitrogen and oxygen atoms in total. The van der Waals surface area contributed by atoms with Crippen LogP contribution in [0.25, 0.3) is 0 Å². The van der Waals surface area contributed by atoms with Gasteiger partial charge in [0.2, 0.25) is 5.91 Å². The number of nitrogens with one attached hydrogen (secondary N) is 2. The molecule has 1 aliphatic carbocycles. The maximum atomic E-state index is 13.0. The van der Waals surface area contributed by atoms with E-state index in [1.165, 1.54) is 11.8 Å². The topological polar surface area (TPSA) is 118 Å². The third kappa shape index (κ3) is 7.16. The minimum absolute atomic E-state index is 0.121. The van der Waals surface area contributed by atoms with E-state index in [0.717, 1.165) is 29.9 Å². The van der Waals surface area contributed by atoms with Crippen molar-refractivity contribution in [2.24, 2.45) is 5.92 Å². The number of thioether (sulfide) groups is 1. The van der Waals surface area contributed by atoms with E-state index < -0.39 is 46.0 Å². The van der Waals surface area contributed by atoms with Crippen molar-refractivity contribution in [1.82, 2.24) is 10.6 Å². The third-order valence-corrected chi connectivity index (χ3v) is 8.74. The van der Waals surface area contributed by atoms with E-state index in [1.807, 2.05) is 6.26 Å². The Hall–Kier alpha value is -2.73. The molecule has 2 atom stereocenters. The highest BCUT2D eigenvalue weighted by molar-refractivity contribution is 7.98. The van der Waals surface area contributed by atoms with Crippen LogP contribution in [-0.2, 0) is 20.8 Å². The fourth-order valence-corrected chi connectivity index (χ4v) is 6.32. The van der Waals surface area contributed by atoms with Gasteiger partial charge in [-0.2, -0.15) is 13.2 Å². The van der Waals surface area contributed by atoms with Crippen LogP contribution in [0, 0.1) is 5.92 Å². The van der Waals surface area contributed by atoms with Gasteiger partial charge in [0, 0.05) is 16.6 Å². The molecular formula is C24H28F3N3O4S2. The predicted molar refractivity (Wildman–Crippen MR) is 132 cm³/mol. The van der Waals surface area contributed by atoms with E-state index in [2.05, 4.69) is 10.6 Å². The molecule has 36 heavy (non-hydrogen) atoms. The first-order chi connectivity index (χ1) is 16.9. The smallest absolute Gasteiger partial charge is 0.398 e. The molecule has 0 spiro atoms. The number of hydrogen-bond donors (Lipinski definition) is 3. The second-order valence-electron chi connectivity index (χ2n) is 8.66. The van der Waals surface area contributed by atoms with Crippen molar-refractivity contribution in [3.8, 4) is 0 Å². The number of sulfone groups is 1. The lowest BCUT2D eigenvalue weighted by Crippen LogP contribution is -2.47. The van der Waals surface area contributed by atoms with Crippen LogP contribution < -0.4 is 16.4 Å². The first kappa shape index (κ1) is 27.9. The zero-order chi connectivity index (χ0) is 26.5. The van der Waals surface area contributed by atoms with Gasteiger partial charge in [-0.25, -0.2) is 8.42 Å². The molecule has 1 saturated carbocycles. The van der Waals surface area contributed by atoms with Crippen molar-refractivity contribution in [2.75, 3.05) is 24.3 Å². The summed E-state index contributed by atoms with van der Waals surface area (Å²) < 4.78 is 64.8. The van der Waals surface area contributed by atoms with Gasteiger partial charge < -0.3 is 16.4 Å². The number of amides is 2. The van der Waals surface area contributed by atoms with Crippen molar-refractivity contribution in [1.29, 1.82) is 0 Å². The molecule has 4 N–H and O–H groups in total. The molecule has 12 heteroatoms. The van der Waals surface area contributed by atoms with Gasteiger partial charge in [0.05, 0.1) is 28.3 Å². The summed E-state index contributed by atoms with van der Waals surface area (Å²) in [5.74, 6) is -1.90. The Labute approximate surface area is 212 Å². The number of rotatable bonds is 8. The third-order valence-electron chi connectivity index (χ3n) is 6.14. The average Bonchev–Trinajstić information content (AvgIpc) is 2.83. The molecule has 196 valence electrons. The molecule has 0 saturated heterocycles. The highest BCUT2D eigenvalue weighted by atomic mass is 32.2. The second-order valence-corrected chi connectivity index (χ2v) is 11.6. The Morgan fingerprint density at radius 3 is 2.39 bits per heavy atom. The molecule has 0 unspecified atom stereocenters. The monoisotopic (exact) mass is 543 g/mol. The first-order valence-electron chi connectivity index (χ1n) is 11.3. The zero-order valence-corrected chi connectivity index (χ0v) is 21.2. The van der Waals surface area contributed by atoms with Crippen molar-refractivity contribution < 1.29 is 31.2 Å². The van der Waals surface area contributed by atoms with Crippen LogP contribution in [0.1, 0.15) is 41.6 Å². The van der Waals surface area contributed by atoms with E-state index >= 15 is 0 Å². The lowest BCUT2D eigenvalue weighted by Gasteiger charge is -2.32. The molecule has 0 aromatic heterocycles. The Morgan fingerprint density at radius 2 is 1.75 bits per heavy atom. The molecule has 0 radical (unpaired) electrons. The fraction of sp³-hybridized carbons (Fsp3) is 0.417. The van der Waals surface area contributed by atoms with Gasteiger partial charge in [-0.1, -0.05) is 12.8 Å². The molecule has 0 aliphatic heterocycles. The SMILES string of the molecule is CSc1ccc(S(=O)(=O)C[C@H]2CCCC[C@@H]2NC(=O)CNC(=O)c2cc(C(F)(F)F)ccc2N)cc1. The van der Waals surface area contributed by atoms with Crippen molar-refractivity contribution in [3.63, 3.8) is 0 Å². The van der Waals surface area contributed by atoms with Gasteiger partial charge in [0.25, 0.3) is 5.91 Å². The first-order valence-corrected chi connectivity index (χ1v) is 14.2. The summed E-state index contributed by atoms with van der Waals surface area (Å²) in [7, 11) is -3.57.